The summed E-state index contributed by atoms with van der Waals surface area (Å²) < 4.78 is 5.29. The number of ether oxygens (including phenoxy) is 1. The number of hydrogen-bond donors (Lipinski definition) is 2. The number of carbonyl (C=O) groups excluding carboxylic acids is 1. The predicted octanol–water partition coefficient (Wildman–Crippen LogP) is 1.57. The van der Waals surface area contributed by atoms with Crippen molar-refractivity contribution in [3.05, 3.63) is 29.3 Å². The molecule has 5 heteroatoms. The average Bonchev–Trinajstić information content (AvgIpc) is 2.99. The number of methoxy groups -OCH3 is 1. The first-order valence-corrected chi connectivity index (χ1v) is 7.36. The number of benzene rings is 1. The van der Waals surface area contributed by atoms with Crippen LogP contribution in [0.4, 0.5) is 0 Å². The van der Waals surface area contributed by atoms with Gasteiger partial charge in [-0.25, -0.2) is 0 Å². The van der Waals surface area contributed by atoms with E-state index in [0.717, 1.165) is 24.2 Å². The van der Waals surface area contributed by atoms with Crippen molar-refractivity contribution >= 4 is 11.9 Å². The third-order valence-electron chi connectivity index (χ3n) is 4.11. The Labute approximate surface area is 124 Å². The van der Waals surface area contributed by atoms with Crippen molar-refractivity contribution < 1.29 is 9.53 Å². The largest absolute Gasteiger partial charge is 0.497 e. The Bertz CT molecular complexity index is 610. The SMILES string of the molecule is COc1ccc2c(c1)C1(CC2)NC(=NCC(C)C)NC1=O. The van der Waals surface area contributed by atoms with E-state index < -0.39 is 5.54 Å². The van der Waals surface area contributed by atoms with Crippen molar-refractivity contribution in [2.75, 3.05) is 13.7 Å². The van der Waals surface area contributed by atoms with Crippen molar-refractivity contribution in [1.82, 2.24) is 10.6 Å². The van der Waals surface area contributed by atoms with Crippen molar-refractivity contribution in [3.63, 3.8) is 0 Å². The highest BCUT2D eigenvalue weighted by Crippen LogP contribution is 2.40. The van der Waals surface area contributed by atoms with E-state index in [1.165, 1.54) is 5.56 Å². The molecule has 1 fully saturated rings. The van der Waals surface area contributed by atoms with Gasteiger partial charge in [-0.1, -0.05) is 19.9 Å². The molecule has 0 bridgehead atoms. The van der Waals surface area contributed by atoms with Gasteiger partial charge in [0, 0.05) is 6.54 Å². The molecule has 2 N–H and O–H groups in total. The van der Waals surface area contributed by atoms with E-state index in [-0.39, 0.29) is 5.91 Å². The monoisotopic (exact) mass is 287 g/mol. The summed E-state index contributed by atoms with van der Waals surface area (Å²) in [6.07, 6.45) is 1.64. The molecule has 1 saturated heterocycles. The summed E-state index contributed by atoms with van der Waals surface area (Å²) in [7, 11) is 1.64. The number of guanidine groups is 1. The molecule has 1 amide bonds. The van der Waals surface area contributed by atoms with Gasteiger partial charge in [0.15, 0.2) is 5.96 Å². The van der Waals surface area contributed by atoms with Crippen LogP contribution in [0.15, 0.2) is 23.2 Å². The van der Waals surface area contributed by atoms with E-state index in [0.29, 0.717) is 18.4 Å². The van der Waals surface area contributed by atoms with Gasteiger partial charge in [0.2, 0.25) is 0 Å². The Morgan fingerprint density at radius 1 is 1.43 bits per heavy atom. The highest BCUT2D eigenvalue weighted by molar-refractivity contribution is 6.10. The molecule has 3 rings (SSSR count). The highest BCUT2D eigenvalue weighted by Gasteiger charge is 2.50. The molecule has 2 aliphatic rings. The summed E-state index contributed by atoms with van der Waals surface area (Å²) in [5.41, 5.74) is 1.53. The van der Waals surface area contributed by atoms with Crippen LogP contribution in [0.5, 0.6) is 5.75 Å². The summed E-state index contributed by atoms with van der Waals surface area (Å²) in [5, 5.41) is 6.19. The lowest BCUT2D eigenvalue weighted by Gasteiger charge is -2.22. The Hall–Kier alpha value is -2.04. The lowest BCUT2D eigenvalue weighted by molar-refractivity contribution is -0.124. The van der Waals surface area contributed by atoms with Gasteiger partial charge >= 0.3 is 0 Å². The molecular formula is C16H21N3O2. The van der Waals surface area contributed by atoms with Crippen LogP contribution in [-0.4, -0.2) is 25.5 Å². The van der Waals surface area contributed by atoms with Gasteiger partial charge < -0.3 is 10.1 Å². The summed E-state index contributed by atoms with van der Waals surface area (Å²) in [5.74, 6) is 1.81. The fourth-order valence-corrected chi connectivity index (χ4v) is 2.98. The second-order valence-electron chi connectivity index (χ2n) is 6.09. The zero-order valence-electron chi connectivity index (χ0n) is 12.7. The topological polar surface area (TPSA) is 62.7 Å². The molecule has 21 heavy (non-hydrogen) atoms. The number of rotatable bonds is 3. The maximum atomic E-state index is 12.5. The van der Waals surface area contributed by atoms with E-state index >= 15 is 0 Å². The van der Waals surface area contributed by atoms with Crippen LogP contribution >= 0.6 is 0 Å². The van der Waals surface area contributed by atoms with Crippen LogP contribution in [-0.2, 0) is 16.8 Å². The van der Waals surface area contributed by atoms with Crippen LogP contribution in [0, 0.1) is 5.92 Å². The molecule has 1 aliphatic heterocycles. The Morgan fingerprint density at radius 3 is 2.95 bits per heavy atom. The van der Waals surface area contributed by atoms with Gasteiger partial charge in [0.25, 0.3) is 5.91 Å². The number of nitrogens with zero attached hydrogens (tertiary/aromatic N) is 1. The average molecular weight is 287 g/mol. The number of fused-ring (bicyclic) bond motifs is 2. The van der Waals surface area contributed by atoms with E-state index in [2.05, 4.69) is 29.5 Å². The smallest absolute Gasteiger partial charge is 0.257 e. The fourth-order valence-electron chi connectivity index (χ4n) is 2.98. The lowest BCUT2D eigenvalue weighted by atomic mass is 9.92. The Balaban J connectivity index is 1.94. The minimum absolute atomic E-state index is 0.0167. The second-order valence-corrected chi connectivity index (χ2v) is 6.09. The number of aryl methyl sites for hydroxylation is 1. The van der Waals surface area contributed by atoms with E-state index in [1.807, 2.05) is 18.2 Å². The molecule has 1 atom stereocenters. The van der Waals surface area contributed by atoms with Gasteiger partial charge in [-0.3, -0.25) is 15.1 Å². The van der Waals surface area contributed by atoms with Crippen LogP contribution in [0.2, 0.25) is 0 Å². The summed E-state index contributed by atoms with van der Waals surface area (Å²) in [4.78, 5) is 17.0. The Morgan fingerprint density at radius 2 is 2.24 bits per heavy atom. The Kier molecular flexibility index (Phi) is 3.35. The van der Waals surface area contributed by atoms with E-state index in [1.54, 1.807) is 7.11 Å². The van der Waals surface area contributed by atoms with Crippen molar-refractivity contribution in [2.45, 2.75) is 32.2 Å². The quantitative estimate of drug-likeness (QED) is 0.887. The van der Waals surface area contributed by atoms with Gasteiger partial charge in [-0.05, 0) is 42.0 Å². The molecule has 1 aromatic carbocycles. The number of aliphatic imine (C=N–C) groups is 1. The normalized spacial score (nSPS) is 25.3. The molecule has 0 saturated carbocycles. The standard InChI is InChI=1S/C16H21N3O2/c1-10(2)9-17-15-18-14(20)16(19-15)7-6-11-4-5-12(21-3)8-13(11)16/h4-5,8,10H,6-7,9H2,1-3H3,(H2,17,18,19,20). The van der Waals surface area contributed by atoms with Gasteiger partial charge in [0.05, 0.1) is 7.11 Å². The van der Waals surface area contributed by atoms with Crippen molar-refractivity contribution in [3.8, 4) is 5.75 Å². The van der Waals surface area contributed by atoms with E-state index in [4.69, 9.17) is 4.74 Å². The third-order valence-corrected chi connectivity index (χ3v) is 4.11. The van der Waals surface area contributed by atoms with Crippen LogP contribution in [0.25, 0.3) is 0 Å². The molecule has 1 aliphatic carbocycles. The van der Waals surface area contributed by atoms with Gasteiger partial charge in [-0.15, -0.1) is 0 Å². The molecule has 0 radical (unpaired) electrons. The summed E-state index contributed by atoms with van der Waals surface area (Å²) >= 11 is 0. The maximum absolute atomic E-state index is 12.5. The van der Waals surface area contributed by atoms with Crippen LogP contribution in [0.1, 0.15) is 31.4 Å². The van der Waals surface area contributed by atoms with Gasteiger partial charge in [-0.2, -0.15) is 0 Å². The number of carbonyl (C=O) groups is 1. The minimum Gasteiger partial charge on any atom is -0.497 e. The first kappa shape index (κ1) is 13.9. The first-order valence-electron chi connectivity index (χ1n) is 7.36. The zero-order chi connectivity index (χ0) is 15.0. The van der Waals surface area contributed by atoms with E-state index in [9.17, 15) is 4.79 Å². The van der Waals surface area contributed by atoms with Crippen molar-refractivity contribution in [2.24, 2.45) is 10.9 Å². The van der Waals surface area contributed by atoms with Crippen LogP contribution in [0.3, 0.4) is 0 Å². The molecule has 1 heterocycles. The number of hydrogen-bond acceptors (Lipinski definition) is 3. The maximum Gasteiger partial charge on any atom is 0.257 e. The molecular weight excluding hydrogens is 266 g/mol. The first-order chi connectivity index (χ1) is 10.0. The van der Waals surface area contributed by atoms with Crippen LogP contribution < -0.4 is 15.4 Å². The summed E-state index contributed by atoms with van der Waals surface area (Å²) in [6.45, 7) is 4.91. The molecule has 1 aromatic rings. The zero-order valence-corrected chi connectivity index (χ0v) is 12.7. The molecule has 112 valence electrons. The lowest BCUT2D eigenvalue weighted by Crippen LogP contribution is -2.41. The van der Waals surface area contributed by atoms with Crippen molar-refractivity contribution in [1.29, 1.82) is 0 Å². The molecule has 1 spiro atoms. The third kappa shape index (κ3) is 2.26. The summed E-state index contributed by atoms with van der Waals surface area (Å²) in [6, 6.07) is 5.94. The fraction of sp³-hybridized carbons (Fsp3) is 0.500. The number of amides is 1. The second kappa shape index (κ2) is 5.06. The predicted molar refractivity (Wildman–Crippen MR) is 81.4 cm³/mol. The number of nitrogens with one attached hydrogen (secondary N) is 2. The van der Waals surface area contributed by atoms with Gasteiger partial charge in [0.1, 0.15) is 11.3 Å². The molecule has 5 nitrogen and oxygen atoms in total. The highest BCUT2D eigenvalue weighted by atomic mass is 16.5. The molecule has 1 unspecified atom stereocenters. The molecule has 0 aromatic heterocycles. The minimum atomic E-state index is -0.681.